The van der Waals surface area contributed by atoms with Gasteiger partial charge in [0.05, 0.1) is 0 Å². The van der Waals surface area contributed by atoms with Crippen molar-refractivity contribution in [2.75, 3.05) is 0 Å². The third-order valence-electron chi connectivity index (χ3n) is 2.49. The standard InChI is InChI=1S/C15H12BrCl/c16-11-14-9-8-13(10-15(14)17)7-6-12-4-2-1-3-5-12/h1-10H,11H2/b7-6+. The van der Waals surface area contributed by atoms with Crippen LogP contribution in [0, 0.1) is 0 Å². The number of benzene rings is 2. The van der Waals surface area contributed by atoms with Crippen molar-refractivity contribution in [3.05, 3.63) is 70.2 Å². The minimum Gasteiger partial charge on any atom is -0.0876 e. The summed E-state index contributed by atoms with van der Waals surface area (Å²) in [5.74, 6) is 0. The maximum Gasteiger partial charge on any atom is 0.0452 e. The minimum absolute atomic E-state index is 0.786. The van der Waals surface area contributed by atoms with E-state index in [1.807, 2.05) is 30.3 Å². The van der Waals surface area contributed by atoms with Gasteiger partial charge < -0.3 is 0 Å². The van der Waals surface area contributed by atoms with Gasteiger partial charge in [-0.25, -0.2) is 0 Å². The lowest BCUT2D eigenvalue weighted by Crippen LogP contribution is -1.81. The highest BCUT2D eigenvalue weighted by Gasteiger charge is 1.98. The zero-order valence-corrected chi connectivity index (χ0v) is 11.6. The molecule has 0 spiro atoms. The lowest BCUT2D eigenvalue weighted by atomic mass is 10.1. The second-order valence-electron chi connectivity index (χ2n) is 3.73. The second-order valence-corrected chi connectivity index (χ2v) is 4.70. The van der Waals surface area contributed by atoms with Crippen LogP contribution in [0.5, 0.6) is 0 Å². The SMILES string of the molecule is Clc1cc(/C=C/c2ccccc2)ccc1CBr. The first kappa shape index (κ1) is 12.4. The molecule has 2 heteroatoms. The molecule has 0 fully saturated rings. The van der Waals surface area contributed by atoms with Crippen LogP contribution >= 0.6 is 27.5 Å². The number of hydrogen-bond acceptors (Lipinski definition) is 0. The van der Waals surface area contributed by atoms with Gasteiger partial charge in [-0.05, 0) is 22.8 Å². The van der Waals surface area contributed by atoms with E-state index in [1.165, 1.54) is 5.56 Å². The molecule has 0 radical (unpaired) electrons. The minimum atomic E-state index is 0.786. The molecule has 0 aliphatic rings. The van der Waals surface area contributed by atoms with Crippen molar-refractivity contribution in [1.29, 1.82) is 0 Å². The van der Waals surface area contributed by atoms with Crippen LogP contribution in [0.2, 0.25) is 5.02 Å². The summed E-state index contributed by atoms with van der Waals surface area (Å²) in [6.45, 7) is 0. The Bertz CT molecular complexity index is 518. The van der Waals surface area contributed by atoms with Crippen molar-refractivity contribution in [2.24, 2.45) is 0 Å². The molecule has 0 saturated heterocycles. The van der Waals surface area contributed by atoms with E-state index in [0.717, 1.165) is 21.5 Å². The third-order valence-corrected chi connectivity index (χ3v) is 3.44. The van der Waals surface area contributed by atoms with Gasteiger partial charge in [-0.2, -0.15) is 0 Å². The third kappa shape index (κ3) is 3.45. The maximum atomic E-state index is 6.15. The van der Waals surface area contributed by atoms with Gasteiger partial charge in [0.1, 0.15) is 0 Å². The number of halogens is 2. The first-order valence-electron chi connectivity index (χ1n) is 5.37. The molecular formula is C15H12BrCl. The summed E-state index contributed by atoms with van der Waals surface area (Å²) in [6.07, 6.45) is 4.15. The van der Waals surface area contributed by atoms with Crippen LogP contribution in [0.4, 0.5) is 0 Å². The van der Waals surface area contributed by atoms with Gasteiger partial charge >= 0.3 is 0 Å². The summed E-state index contributed by atoms with van der Waals surface area (Å²) in [5, 5.41) is 1.59. The van der Waals surface area contributed by atoms with Crippen LogP contribution < -0.4 is 0 Å². The Balaban J connectivity index is 2.19. The lowest BCUT2D eigenvalue weighted by Gasteiger charge is -2.01. The lowest BCUT2D eigenvalue weighted by molar-refractivity contribution is 1.43. The fraction of sp³-hybridized carbons (Fsp3) is 0.0667. The average molecular weight is 308 g/mol. The highest BCUT2D eigenvalue weighted by Crippen LogP contribution is 2.21. The molecule has 0 unspecified atom stereocenters. The summed E-state index contributed by atoms with van der Waals surface area (Å²) in [5.41, 5.74) is 3.42. The molecule has 2 rings (SSSR count). The van der Waals surface area contributed by atoms with Crippen molar-refractivity contribution in [3.63, 3.8) is 0 Å². The zero-order valence-electron chi connectivity index (χ0n) is 9.24. The van der Waals surface area contributed by atoms with Gasteiger partial charge in [-0.15, -0.1) is 0 Å². The summed E-state index contributed by atoms with van der Waals surface area (Å²) in [7, 11) is 0. The van der Waals surface area contributed by atoms with Gasteiger partial charge in [0.25, 0.3) is 0 Å². The molecule has 2 aromatic carbocycles. The monoisotopic (exact) mass is 306 g/mol. The Labute approximate surface area is 115 Å². The normalized spacial score (nSPS) is 10.9. The van der Waals surface area contributed by atoms with E-state index < -0.39 is 0 Å². The van der Waals surface area contributed by atoms with Crippen LogP contribution in [0.25, 0.3) is 12.2 Å². The Morgan fingerprint density at radius 3 is 2.29 bits per heavy atom. The van der Waals surface area contributed by atoms with Crippen LogP contribution in [0.3, 0.4) is 0 Å². The fourth-order valence-electron chi connectivity index (χ4n) is 1.53. The topological polar surface area (TPSA) is 0 Å². The second kappa shape index (κ2) is 6.04. The van der Waals surface area contributed by atoms with E-state index in [9.17, 15) is 0 Å². The molecule has 17 heavy (non-hydrogen) atoms. The number of alkyl halides is 1. The predicted octanol–water partition coefficient (Wildman–Crippen LogP) is 5.41. The molecule has 0 saturated carbocycles. The molecule has 2 aromatic rings. The summed E-state index contributed by atoms with van der Waals surface area (Å²) >= 11 is 9.55. The van der Waals surface area contributed by atoms with Crippen LogP contribution in [-0.2, 0) is 5.33 Å². The molecule has 0 aliphatic carbocycles. The van der Waals surface area contributed by atoms with Gasteiger partial charge in [-0.1, -0.05) is 82.1 Å². The molecule has 0 aliphatic heterocycles. The van der Waals surface area contributed by atoms with Crippen LogP contribution in [0.1, 0.15) is 16.7 Å². The Hall–Kier alpha value is -1.05. The first-order valence-corrected chi connectivity index (χ1v) is 6.87. The summed E-state index contributed by atoms with van der Waals surface area (Å²) in [6, 6.07) is 16.3. The molecule has 0 nitrogen and oxygen atoms in total. The molecule has 86 valence electrons. The fourth-order valence-corrected chi connectivity index (χ4v) is 2.44. The molecule has 0 atom stereocenters. The molecular weight excluding hydrogens is 296 g/mol. The molecule has 0 aromatic heterocycles. The van der Waals surface area contributed by atoms with E-state index in [0.29, 0.717) is 0 Å². The van der Waals surface area contributed by atoms with Crippen molar-refractivity contribution in [3.8, 4) is 0 Å². The van der Waals surface area contributed by atoms with Crippen molar-refractivity contribution >= 4 is 39.7 Å². The molecule has 0 N–H and O–H groups in total. The van der Waals surface area contributed by atoms with E-state index in [1.54, 1.807) is 0 Å². The van der Waals surface area contributed by atoms with E-state index in [-0.39, 0.29) is 0 Å². The number of rotatable bonds is 3. The summed E-state index contributed by atoms with van der Waals surface area (Å²) in [4.78, 5) is 0. The van der Waals surface area contributed by atoms with E-state index >= 15 is 0 Å². The Kier molecular flexibility index (Phi) is 4.41. The highest BCUT2D eigenvalue weighted by atomic mass is 79.9. The maximum absolute atomic E-state index is 6.15. The van der Waals surface area contributed by atoms with Gasteiger partial charge in [0, 0.05) is 10.4 Å². The predicted molar refractivity (Wildman–Crippen MR) is 79.5 cm³/mol. The average Bonchev–Trinajstić information content (AvgIpc) is 2.38. The molecule has 0 heterocycles. The van der Waals surface area contributed by atoms with E-state index in [2.05, 4.69) is 46.3 Å². The zero-order chi connectivity index (χ0) is 12.1. The first-order chi connectivity index (χ1) is 8.29. The Morgan fingerprint density at radius 1 is 0.941 bits per heavy atom. The van der Waals surface area contributed by atoms with Crippen LogP contribution in [0.15, 0.2) is 48.5 Å². The molecule has 0 bridgehead atoms. The molecule has 0 amide bonds. The van der Waals surface area contributed by atoms with Crippen molar-refractivity contribution in [1.82, 2.24) is 0 Å². The van der Waals surface area contributed by atoms with Gasteiger partial charge in [-0.3, -0.25) is 0 Å². The van der Waals surface area contributed by atoms with Gasteiger partial charge in [0.2, 0.25) is 0 Å². The largest absolute Gasteiger partial charge is 0.0876 e. The highest BCUT2D eigenvalue weighted by molar-refractivity contribution is 9.08. The van der Waals surface area contributed by atoms with Crippen molar-refractivity contribution in [2.45, 2.75) is 5.33 Å². The van der Waals surface area contributed by atoms with Crippen molar-refractivity contribution < 1.29 is 0 Å². The van der Waals surface area contributed by atoms with Gasteiger partial charge in [0.15, 0.2) is 0 Å². The number of hydrogen-bond donors (Lipinski definition) is 0. The Morgan fingerprint density at radius 2 is 1.65 bits per heavy atom. The smallest absolute Gasteiger partial charge is 0.0452 e. The summed E-state index contributed by atoms with van der Waals surface area (Å²) < 4.78 is 0. The van der Waals surface area contributed by atoms with Crippen LogP contribution in [-0.4, -0.2) is 0 Å². The quantitative estimate of drug-likeness (QED) is 0.526. The van der Waals surface area contributed by atoms with E-state index in [4.69, 9.17) is 11.6 Å².